The Morgan fingerprint density at radius 2 is 2.13 bits per heavy atom. The van der Waals surface area contributed by atoms with Crippen LogP contribution in [-0.2, 0) is 33.5 Å². The third kappa shape index (κ3) is 6.16. The van der Waals surface area contributed by atoms with E-state index in [2.05, 4.69) is 24.8 Å². The lowest BCUT2D eigenvalue weighted by molar-refractivity contribution is -0.182. The van der Waals surface area contributed by atoms with Gasteiger partial charge in [-0.2, -0.15) is 4.37 Å². The highest BCUT2D eigenvalue weighted by molar-refractivity contribution is 8.01. The van der Waals surface area contributed by atoms with E-state index >= 15 is 0 Å². The minimum atomic E-state index is -1.15. The number of rotatable bonds is 10. The number of thioether (sulfide) groups is 2. The van der Waals surface area contributed by atoms with Gasteiger partial charge >= 0.3 is 11.9 Å². The number of carbonyl (C=O) groups is 4. The van der Waals surface area contributed by atoms with Crippen LogP contribution in [0.1, 0.15) is 25.4 Å². The van der Waals surface area contributed by atoms with Gasteiger partial charge in [-0.25, -0.2) is 14.8 Å². The van der Waals surface area contributed by atoms with E-state index in [0.29, 0.717) is 28.6 Å². The molecule has 0 aromatic carbocycles. The number of carbonyl (C=O) groups excluding carboxylic acids is 4. The Labute approximate surface area is 233 Å². The van der Waals surface area contributed by atoms with Gasteiger partial charge in [0.15, 0.2) is 10.1 Å². The maximum atomic E-state index is 13.3. The monoisotopic (exact) mass is 598 g/mol. The lowest BCUT2D eigenvalue weighted by Gasteiger charge is -2.49. The molecule has 1 fully saturated rings. The number of hydrogen-bond donors (Lipinski definition) is 1. The number of fused-ring (bicyclic) bond motifs is 1. The van der Waals surface area contributed by atoms with Crippen molar-refractivity contribution in [3.63, 3.8) is 0 Å². The van der Waals surface area contributed by atoms with E-state index in [4.69, 9.17) is 14.3 Å². The summed E-state index contributed by atoms with van der Waals surface area (Å²) in [6, 6.07) is -0.915. The molecule has 1 saturated heterocycles. The molecule has 202 valence electrons. The van der Waals surface area contributed by atoms with Crippen molar-refractivity contribution in [3.8, 4) is 0 Å². The summed E-state index contributed by atoms with van der Waals surface area (Å²) in [6.07, 6.45) is -1.15. The largest absolute Gasteiger partial charge is 0.426 e. The minimum absolute atomic E-state index is 0.0577. The zero-order valence-corrected chi connectivity index (χ0v) is 23.8. The molecule has 0 bridgehead atoms. The van der Waals surface area contributed by atoms with Crippen molar-refractivity contribution >= 4 is 75.9 Å². The summed E-state index contributed by atoms with van der Waals surface area (Å²) in [4.78, 5) is 65.2. The lowest BCUT2D eigenvalue weighted by atomic mass is 10.0. The number of oxime groups is 1. The molecule has 2 aromatic rings. The number of hydrogen-bond acceptors (Lipinski definition) is 15. The van der Waals surface area contributed by atoms with Gasteiger partial charge in [0.05, 0.1) is 5.51 Å². The van der Waals surface area contributed by atoms with E-state index in [1.165, 1.54) is 72.3 Å². The number of amides is 2. The predicted molar refractivity (Wildman–Crippen MR) is 140 cm³/mol. The van der Waals surface area contributed by atoms with E-state index in [-0.39, 0.29) is 11.4 Å². The van der Waals surface area contributed by atoms with Crippen LogP contribution in [0.15, 0.2) is 31.7 Å². The Bertz CT molecular complexity index is 1290. The molecule has 0 spiro atoms. The Morgan fingerprint density at radius 1 is 1.34 bits per heavy atom. The SMILES string of the molecule is CO/N=C(\C(=O)NC1C(=O)N2C(C(=O)OC(C)OC(C)=O)=C(CSc3nc(C)ns3)CS[C@H]12)c1cscn1. The van der Waals surface area contributed by atoms with Crippen molar-refractivity contribution in [2.24, 2.45) is 5.16 Å². The van der Waals surface area contributed by atoms with Crippen LogP contribution in [0.4, 0.5) is 0 Å². The number of nitrogens with zero attached hydrogens (tertiary/aromatic N) is 5. The lowest BCUT2D eigenvalue weighted by Crippen LogP contribution is -2.71. The molecule has 0 radical (unpaired) electrons. The smallest absolute Gasteiger partial charge is 0.358 e. The predicted octanol–water partition coefficient (Wildman–Crippen LogP) is 1.55. The van der Waals surface area contributed by atoms with Crippen molar-refractivity contribution in [2.75, 3.05) is 18.6 Å². The van der Waals surface area contributed by atoms with Crippen LogP contribution in [0.25, 0.3) is 0 Å². The molecule has 0 saturated carbocycles. The quantitative estimate of drug-likeness (QED) is 0.105. The molecule has 2 aliphatic heterocycles. The average Bonchev–Trinajstić information content (AvgIpc) is 3.55. The Morgan fingerprint density at radius 3 is 2.76 bits per heavy atom. The molecular formula is C21H22N6O7S4. The number of nitrogens with one attached hydrogen (secondary N) is 1. The second kappa shape index (κ2) is 12.2. The maximum absolute atomic E-state index is 13.3. The van der Waals surface area contributed by atoms with Crippen LogP contribution in [0.5, 0.6) is 0 Å². The van der Waals surface area contributed by atoms with Crippen molar-refractivity contribution in [3.05, 3.63) is 33.7 Å². The fourth-order valence-corrected chi connectivity index (χ4v) is 7.24. The van der Waals surface area contributed by atoms with E-state index < -0.39 is 41.5 Å². The van der Waals surface area contributed by atoms with Gasteiger partial charge in [0.1, 0.15) is 35.7 Å². The number of aromatic nitrogens is 3. The number of aryl methyl sites for hydroxylation is 1. The average molecular weight is 599 g/mol. The van der Waals surface area contributed by atoms with Gasteiger partial charge in [0, 0.05) is 30.7 Å². The Kier molecular flexibility index (Phi) is 9.01. The molecule has 13 nitrogen and oxygen atoms in total. The number of thiazole rings is 1. The van der Waals surface area contributed by atoms with Crippen molar-refractivity contribution < 1.29 is 33.5 Å². The van der Waals surface area contributed by atoms with Gasteiger partial charge in [0.2, 0.25) is 6.29 Å². The van der Waals surface area contributed by atoms with Gasteiger partial charge in [-0.05, 0) is 24.0 Å². The second-order valence-corrected chi connectivity index (χ2v) is 11.6. The van der Waals surface area contributed by atoms with Crippen molar-refractivity contribution in [1.29, 1.82) is 0 Å². The van der Waals surface area contributed by atoms with Crippen LogP contribution in [0, 0.1) is 6.92 Å². The molecule has 3 atom stereocenters. The normalized spacial score (nSPS) is 19.8. The van der Waals surface area contributed by atoms with E-state index in [0.717, 1.165) is 4.34 Å². The fourth-order valence-electron chi connectivity index (χ4n) is 3.57. The topological polar surface area (TPSA) is 162 Å². The van der Waals surface area contributed by atoms with Crippen LogP contribution in [0.2, 0.25) is 0 Å². The van der Waals surface area contributed by atoms with Gasteiger partial charge in [-0.1, -0.05) is 16.9 Å². The Balaban J connectivity index is 1.54. The van der Waals surface area contributed by atoms with Crippen molar-refractivity contribution in [2.45, 2.75) is 42.8 Å². The molecule has 17 heteroatoms. The first-order chi connectivity index (χ1) is 18.2. The molecule has 4 rings (SSSR count). The van der Waals surface area contributed by atoms with Crippen LogP contribution < -0.4 is 5.32 Å². The number of esters is 2. The molecule has 2 unspecified atom stereocenters. The summed E-state index contributed by atoms with van der Waals surface area (Å²) < 4.78 is 15.1. The summed E-state index contributed by atoms with van der Waals surface area (Å²) in [5.41, 5.74) is 2.48. The fraction of sp³-hybridized carbons (Fsp3) is 0.429. The standard InChI is InChI=1S/C21H22N6O7S4/c1-9-23-21(38-26-9)37-6-12-5-36-19-15(24-17(29)14(25-32-4)13-7-35-8-22-13)18(30)27(19)16(12)20(31)34-11(3)33-10(2)28/h7-8,11,15,19H,5-6H2,1-4H3,(H,24,29)/b25-14-/t11?,15?,19-/m1/s1. The summed E-state index contributed by atoms with van der Waals surface area (Å²) in [5, 5.41) is 7.50. The summed E-state index contributed by atoms with van der Waals surface area (Å²) in [6.45, 7) is 4.38. The molecule has 0 aliphatic carbocycles. The third-order valence-corrected chi connectivity index (χ3v) is 9.02. The highest BCUT2D eigenvalue weighted by Crippen LogP contribution is 2.42. The molecule has 2 aromatic heterocycles. The zero-order valence-electron chi connectivity index (χ0n) is 20.5. The molecule has 2 amide bonds. The molecule has 4 heterocycles. The molecule has 1 N–H and O–H groups in total. The van der Waals surface area contributed by atoms with Crippen LogP contribution in [-0.4, -0.2) is 85.0 Å². The third-order valence-electron chi connectivity index (χ3n) is 5.08. The summed E-state index contributed by atoms with van der Waals surface area (Å²) >= 11 is 5.30. The van der Waals surface area contributed by atoms with Gasteiger partial charge in [-0.15, -0.1) is 23.1 Å². The highest BCUT2D eigenvalue weighted by Gasteiger charge is 2.55. The molecular weight excluding hydrogens is 577 g/mol. The first-order valence-corrected chi connectivity index (χ1v) is 14.7. The first-order valence-electron chi connectivity index (χ1n) is 11.0. The van der Waals surface area contributed by atoms with E-state index in [9.17, 15) is 19.2 Å². The van der Waals surface area contributed by atoms with Gasteiger partial charge in [-0.3, -0.25) is 19.3 Å². The van der Waals surface area contributed by atoms with E-state index in [1.54, 1.807) is 17.8 Å². The minimum Gasteiger partial charge on any atom is -0.426 e. The summed E-state index contributed by atoms with van der Waals surface area (Å²) in [5.74, 6) is -1.16. The van der Waals surface area contributed by atoms with E-state index in [1.807, 2.05) is 0 Å². The Hall–Kier alpha value is -3.02. The van der Waals surface area contributed by atoms with Gasteiger partial charge < -0.3 is 19.6 Å². The highest BCUT2D eigenvalue weighted by atomic mass is 32.2. The van der Waals surface area contributed by atoms with Crippen molar-refractivity contribution in [1.82, 2.24) is 24.6 Å². The van der Waals surface area contributed by atoms with Crippen LogP contribution >= 0.6 is 46.4 Å². The second-order valence-electron chi connectivity index (χ2n) is 7.79. The van der Waals surface area contributed by atoms with Gasteiger partial charge in [0.25, 0.3) is 11.8 Å². The maximum Gasteiger partial charge on any atom is 0.358 e. The number of β-lactam (4-membered cyclic amide) rings is 1. The van der Waals surface area contributed by atoms with Crippen LogP contribution in [0.3, 0.4) is 0 Å². The molecule has 38 heavy (non-hydrogen) atoms. The first kappa shape index (κ1) is 28.0. The summed E-state index contributed by atoms with van der Waals surface area (Å²) in [7, 11) is 1.30. The zero-order chi connectivity index (χ0) is 27.4. The molecule has 2 aliphatic rings. The number of ether oxygens (including phenoxy) is 2.